The van der Waals surface area contributed by atoms with E-state index in [0.717, 1.165) is 0 Å². The van der Waals surface area contributed by atoms with Crippen molar-refractivity contribution < 1.29 is 9.59 Å². The summed E-state index contributed by atoms with van der Waals surface area (Å²) >= 11 is 5.49. The standard InChI is InChI=1S/C19H16N2O2S/c1-13(2)16-17(22)20(14-9-5-3-6-10-14)19(24)21(18(16)23)15-11-7-4-8-12-15/h3-12H,1-2H3. The number of nitrogens with zero attached hydrogens (tertiary/aromatic N) is 2. The Hall–Kier alpha value is -2.79. The first-order valence-corrected chi connectivity index (χ1v) is 7.93. The van der Waals surface area contributed by atoms with E-state index in [2.05, 4.69) is 0 Å². The molecular formula is C19H16N2O2S. The van der Waals surface area contributed by atoms with E-state index in [0.29, 0.717) is 16.9 Å². The number of para-hydroxylation sites is 2. The number of carbonyl (C=O) groups is 2. The highest BCUT2D eigenvalue weighted by atomic mass is 32.1. The number of thiocarbonyl (C=S) groups is 1. The molecule has 2 aromatic rings. The van der Waals surface area contributed by atoms with Crippen molar-refractivity contribution in [3.63, 3.8) is 0 Å². The molecule has 0 bridgehead atoms. The van der Waals surface area contributed by atoms with Gasteiger partial charge in [0.05, 0.1) is 11.4 Å². The van der Waals surface area contributed by atoms with Crippen LogP contribution in [0.15, 0.2) is 71.8 Å². The van der Waals surface area contributed by atoms with Crippen molar-refractivity contribution in [2.24, 2.45) is 0 Å². The summed E-state index contributed by atoms with van der Waals surface area (Å²) in [5, 5.41) is 0.160. The minimum absolute atomic E-state index is 0.149. The van der Waals surface area contributed by atoms with Crippen molar-refractivity contribution in [3.8, 4) is 0 Å². The highest BCUT2D eigenvalue weighted by Gasteiger charge is 2.41. The van der Waals surface area contributed by atoms with E-state index in [1.165, 1.54) is 9.80 Å². The van der Waals surface area contributed by atoms with Gasteiger partial charge in [0.1, 0.15) is 5.57 Å². The van der Waals surface area contributed by atoms with Crippen LogP contribution in [-0.2, 0) is 9.59 Å². The zero-order valence-corrected chi connectivity index (χ0v) is 14.2. The van der Waals surface area contributed by atoms with Crippen molar-refractivity contribution in [3.05, 3.63) is 71.8 Å². The summed E-state index contributed by atoms with van der Waals surface area (Å²) < 4.78 is 0. The zero-order chi connectivity index (χ0) is 17.3. The summed E-state index contributed by atoms with van der Waals surface area (Å²) in [6.45, 7) is 3.51. The van der Waals surface area contributed by atoms with Crippen LogP contribution in [-0.4, -0.2) is 16.9 Å². The molecule has 2 aromatic carbocycles. The zero-order valence-electron chi connectivity index (χ0n) is 13.4. The smallest absolute Gasteiger partial charge is 0.268 e. The topological polar surface area (TPSA) is 40.6 Å². The van der Waals surface area contributed by atoms with E-state index in [1.54, 1.807) is 38.1 Å². The summed E-state index contributed by atoms with van der Waals surface area (Å²) in [5.74, 6) is -0.772. The lowest BCUT2D eigenvalue weighted by molar-refractivity contribution is -0.121. The molecule has 120 valence electrons. The van der Waals surface area contributed by atoms with Crippen LogP contribution >= 0.6 is 12.2 Å². The largest absolute Gasteiger partial charge is 0.270 e. The molecule has 24 heavy (non-hydrogen) atoms. The van der Waals surface area contributed by atoms with Crippen molar-refractivity contribution >= 4 is 40.5 Å². The molecule has 0 spiro atoms. The molecule has 1 fully saturated rings. The average Bonchev–Trinajstić information content (AvgIpc) is 2.56. The fourth-order valence-corrected chi connectivity index (χ4v) is 3.00. The number of hydrogen-bond donors (Lipinski definition) is 0. The fourth-order valence-electron chi connectivity index (χ4n) is 2.63. The maximum Gasteiger partial charge on any atom is 0.270 e. The van der Waals surface area contributed by atoms with E-state index in [4.69, 9.17) is 12.2 Å². The van der Waals surface area contributed by atoms with E-state index in [9.17, 15) is 9.59 Å². The third-order valence-electron chi connectivity index (χ3n) is 3.75. The number of rotatable bonds is 2. The lowest BCUT2D eigenvalue weighted by atomic mass is 10.0. The van der Waals surface area contributed by atoms with Gasteiger partial charge in [-0.25, -0.2) is 0 Å². The van der Waals surface area contributed by atoms with Gasteiger partial charge in [-0.15, -0.1) is 0 Å². The number of anilines is 2. The van der Waals surface area contributed by atoms with Gasteiger partial charge >= 0.3 is 0 Å². The van der Waals surface area contributed by atoms with Crippen molar-refractivity contribution in [1.82, 2.24) is 0 Å². The van der Waals surface area contributed by atoms with Gasteiger partial charge in [0.15, 0.2) is 5.11 Å². The van der Waals surface area contributed by atoms with Crippen LogP contribution in [0.5, 0.6) is 0 Å². The van der Waals surface area contributed by atoms with Crippen LogP contribution in [0, 0.1) is 0 Å². The van der Waals surface area contributed by atoms with Gasteiger partial charge in [0.2, 0.25) is 0 Å². The van der Waals surface area contributed by atoms with Crippen LogP contribution < -0.4 is 9.80 Å². The molecule has 1 saturated heterocycles. The molecule has 1 aliphatic heterocycles. The minimum Gasteiger partial charge on any atom is -0.268 e. The molecule has 1 aliphatic rings. The lowest BCUT2D eigenvalue weighted by Crippen LogP contribution is -2.57. The predicted molar refractivity (Wildman–Crippen MR) is 98.8 cm³/mol. The van der Waals surface area contributed by atoms with Crippen molar-refractivity contribution in [1.29, 1.82) is 0 Å². The van der Waals surface area contributed by atoms with Crippen LogP contribution in [0.3, 0.4) is 0 Å². The Bertz CT molecular complexity index is 777. The monoisotopic (exact) mass is 336 g/mol. The van der Waals surface area contributed by atoms with Crippen LogP contribution in [0.4, 0.5) is 11.4 Å². The fraction of sp³-hybridized carbons (Fsp3) is 0.105. The third-order valence-corrected chi connectivity index (χ3v) is 4.11. The SMILES string of the molecule is CC(C)=C1C(=O)N(c2ccccc2)C(=S)N(c2ccccc2)C1=O. The van der Waals surface area contributed by atoms with E-state index >= 15 is 0 Å². The van der Waals surface area contributed by atoms with Crippen LogP contribution in [0.1, 0.15) is 13.8 Å². The molecule has 0 N–H and O–H groups in total. The molecule has 0 unspecified atom stereocenters. The first kappa shape index (κ1) is 16.1. The summed E-state index contributed by atoms with van der Waals surface area (Å²) in [6, 6.07) is 18.2. The summed E-state index contributed by atoms with van der Waals surface area (Å²) in [7, 11) is 0. The van der Waals surface area contributed by atoms with Crippen molar-refractivity contribution in [2.45, 2.75) is 13.8 Å². The molecule has 5 heteroatoms. The third kappa shape index (κ3) is 2.63. The van der Waals surface area contributed by atoms with Crippen LogP contribution in [0.25, 0.3) is 0 Å². The van der Waals surface area contributed by atoms with Crippen LogP contribution in [0.2, 0.25) is 0 Å². The second-order valence-corrected chi connectivity index (χ2v) is 5.97. The Balaban J connectivity index is 2.18. The summed E-state index contributed by atoms with van der Waals surface area (Å²) in [5.41, 5.74) is 2.09. The minimum atomic E-state index is -0.386. The lowest BCUT2D eigenvalue weighted by Gasteiger charge is -2.37. The van der Waals surface area contributed by atoms with E-state index in [-0.39, 0.29) is 22.5 Å². The van der Waals surface area contributed by atoms with Gasteiger partial charge in [0, 0.05) is 0 Å². The molecule has 0 radical (unpaired) electrons. The molecule has 0 aromatic heterocycles. The molecule has 0 aliphatic carbocycles. The average molecular weight is 336 g/mol. The predicted octanol–water partition coefficient (Wildman–Crippen LogP) is 3.69. The first-order chi connectivity index (χ1) is 11.5. The molecular weight excluding hydrogens is 320 g/mol. The Morgan fingerprint density at radius 1 is 0.750 bits per heavy atom. The second kappa shape index (κ2) is 6.37. The molecule has 2 amide bonds. The van der Waals surface area contributed by atoms with Gasteiger partial charge < -0.3 is 0 Å². The maximum atomic E-state index is 12.9. The maximum absolute atomic E-state index is 12.9. The second-order valence-electron chi connectivity index (χ2n) is 5.61. The molecule has 0 atom stereocenters. The molecule has 0 saturated carbocycles. The van der Waals surface area contributed by atoms with Gasteiger partial charge in [-0.1, -0.05) is 42.0 Å². The molecule has 4 nitrogen and oxygen atoms in total. The Morgan fingerprint density at radius 3 is 1.46 bits per heavy atom. The van der Waals surface area contributed by atoms with E-state index < -0.39 is 0 Å². The van der Waals surface area contributed by atoms with Gasteiger partial charge in [-0.05, 0) is 50.3 Å². The Morgan fingerprint density at radius 2 is 1.12 bits per heavy atom. The molecule has 3 rings (SSSR count). The quantitative estimate of drug-likeness (QED) is 0.477. The van der Waals surface area contributed by atoms with Gasteiger partial charge in [0.25, 0.3) is 11.8 Å². The Labute approximate surface area is 146 Å². The van der Waals surface area contributed by atoms with Gasteiger partial charge in [-0.3, -0.25) is 19.4 Å². The summed E-state index contributed by atoms with van der Waals surface area (Å²) in [6.07, 6.45) is 0. The molecule has 1 heterocycles. The number of benzene rings is 2. The van der Waals surface area contributed by atoms with Crippen molar-refractivity contribution in [2.75, 3.05) is 9.80 Å². The number of allylic oxidation sites excluding steroid dienone is 1. The van der Waals surface area contributed by atoms with E-state index in [1.807, 2.05) is 36.4 Å². The highest BCUT2D eigenvalue weighted by Crippen LogP contribution is 2.29. The number of hydrogen-bond acceptors (Lipinski definition) is 3. The Kier molecular flexibility index (Phi) is 4.27. The first-order valence-electron chi connectivity index (χ1n) is 7.53. The normalized spacial score (nSPS) is 15.1. The van der Waals surface area contributed by atoms with Gasteiger partial charge in [-0.2, -0.15) is 0 Å². The number of amides is 2. The highest BCUT2D eigenvalue weighted by molar-refractivity contribution is 7.81. The number of carbonyl (C=O) groups excluding carboxylic acids is 2. The summed E-state index contributed by atoms with van der Waals surface area (Å²) in [4.78, 5) is 28.6.